The minimum absolute atomic E-state index is 0.0624. The maximum absolute atomic E-state index is 13.4. The van der Waals surface area contributed by atoms with E-state index in [2.05, 4.69) is 5.32 Å². The topological polar surface area (TPSA) is 67.9 Å². The minimum Gasteiger partial charge on any atom is -0.493 e. The first-order valence-electron chi connectivity index (χ1n) is 9.25. The van der Waals surface area contributed by atoms with E-state index in [1.165, 1.54) is 23.1 Å². The molecule has 8 heteroatoms. The predicted octanol–water partition coefficient (Wildman–Crippen LogP) is 3.56. The number of nitrogens with one attached hydrogen (secondary N) is 1. The molecule has 1 heterocycles. The first-order chi connectivity index (χ1) is 13.9. The monoisotopic (exact) mass is 420 g/mol. The zero-order valence-electron chi connectivity index (χ0n) is 16.2. The molecule has 1 aliphatic heterocycles. The summed E-state index contributed by atoms with van der Waals surface area (Å²) in [4.78, 5) is 26.3. The first kappa shape index (κ1) is 20.9. The Labute approximate surface area is 173 Å². The Hall–Kier alpha value is -2.80. The molecule has 0 radical (unpaired) electrons. The third kappa shape index (κ3) is 4.79. The number of methoxy groups -OCH3 is 1. The van der Waals surface area contributed by atoms with Crippen molar-refractivity contribution in [2.24, 2.45) is 5.92 Å². The van der Waals surface area contributed by atoms with Gasteiger partial charge in [0.25, 0.3) is 0 Å². The fourth-order valence-corrected chi connectivity index (χ4v) is 3.39. The number of anilines is 1. The van der Waals surface area contributed by atoms with Gasteiger partial charge >= 0.3 is 0 Å². The zero-order chi connectivity index (χ0) is 21.0. The lowest BCUT2D eigenvalue weighted by Gasteiger charge is -2.17. The summed E-state index contributed by atoms with van der Waals surface area (Å²) in [6, 6.07) is 9.52. The van der Waals surface area contributed by atoms with Crippen molar-refractivity contribution in [3.8, 4) is 11.5 Å². The molecule has 1 atom stereocenters. The van der Waals surface area contributed by atoms with E-state index in [0.29, 0.717) is 30.3 Å². The molecule has 1 saturated heterocycles. The van der Waals surface area contributed by atoms with Gasteiger partial charge in [0.05, 0.1) is 24.7 Å². The van der Waals surface area contributed by atoms with E-state index in [9.17, 15) is 14.0 Å². The quantitative estimate of drug-likeness (QED) is 0.743. The lowest BCUT2D eigenvalue weighted by atomic mass is 10.1. The molecule has 0 aliphatic carbocycles. The summed E-state index contributed by atoms with van der Waals surface area (Å²) < 4.78 is 24.2. The van der Waals surface area contributed by atoms with Gasteiger partial charge in [0.2, 0.25) is 11.8 Å². The van der Waals surface area contributed by atoms with Crippen LogP contribution in [0.2, 0.25) is 5.02 Å². The molecule has 29 heavy (non-hydrogen) atoms. The van der Waals surface area contributed by atoms with E-state index < -0.39 is 11.7 Å². The van der Waals surface area contributed by atoms with Gasteiger partial charge in [-0.3, -0.25) is 9.59 Å². The highest BCUT2D eigenvalue weighted by Crippen LogP contribution is 2.30. The predicted molar refractivity (Wildman–Crippen MR) is 108 cm³/mol. The maximum Gasteiger partial charge on any atom is 0.227 e. The molecule has 2 amide bonds. The summed E-state index contributed by atoms with van der Waals surface area (Å²) in [5.41, 5.74) is 1.33. The van der Waals surface area contributed by atoms with E-state index >= 15 is 0 Å². The number of ether oxygens (including phenoxy) is 2. The molecular formula is C21H22ClFN2O4. The summed E-state index contributed by atoms with van der Waals surface area (Å²) in [6.07, 6.45) is 0.0907. The average molecular weight is 421 g/mol. The van der Waals surface area contributed by atoms with Crippen molar-refractivity contribution < 1.29 is 23.5 Å². The van der Waals surface area contributed by atoms with E-state index in [-0.39, 0.29) is 29.8 Å². The first-order valence-corrected chi connectivity index (χ1v) is 9.63. The van der Waals surface area contributed by atoms with E-state index in [1.807, 2.05) is 13.0 Å². The van der Waals surface area contributed by atoms with Gasteiger partial charge in [-0.2, -0.15) is 0 Å². The number of nitrogens with zero attached hydrogens (tertiary/aromatic N) is 1. The van der Waals surface area contributed by atoms with Crippen LogP contribution in [0.15, 0.2) is 36.4 Å². The van der Waals surface area contributed by atoms with Crippen LogP contribution >= 0.6 is 11.6 Å². The van der Waals surface area contributed by atoms with Crippen LogP contribution in [-0.2, 0) is 16.1 Å². The number of halogens is 2. The fourth-order valence-electron chi connectivity index (χ4n) is 3.22. The minimum atomic E-state index is -0.554. The van der Waals surface area contributed by atoms with Gasteiger partial charge in [-0.1, -0.05) is 17.7 Å². The van der Waals surface area contributed by atoms with Crippen LogP contribution in [0.4, 0.5) is 10.1 Å². The molecule has 2 aromatic rings. The Morgan fingerprint density at radius 3 is 2.76 bits per heavy atom. The van der Waals surface area contributed by atoms with Crippen LogP contribution in [0.3, 0.4) is 0 Å². The molecule has 0 saturated carbocycles. The Morgan fingerprint density at radius 2 is 2.07 bits per heavy atom. The van der Waals surface area contributed by atoms with E-state index in [0.717, 1.165) is 5.56 Å². The van der Waals surface area contributed by atoms with Crippen LogP contribution in [-0.4, -0.2) is 32.1 Å². The molecule has 3 rings (SSSR count). The number of hydrogen-bond acceptors (Lipinski definition) is 4. The molecule has 0 aromatic heterocycles. The molecule has 6 nitrogen and oxygen atoms in total. The number of hydrogen-bond donors (Lipinski definition) is 1. The Kier molecular flexibility index (Phi) is 6.59. The summed E-state index contributed by atoms with van der Waals surface area (Å²) in [6.45, 7) is 2.94. The molecular weight excluding hydrogens is 399 g/mol. The second kappa shape index (κ2) is 9.13. The Bertz CT molecular complexity index is 922. The van der Waals surface area contributed by atoms with Gasteiger partial charge in [0.1, 0.15) is 5.82 Å². The molecule has 154 valence electrons. The molecule has 1 aliphatic rings. The number of carbonyl (C=O) groups excluding carboxylic acids is 2. The fraction of sp³-hybridized carbons (Fsp3) is 0.333. The van der Waals surface area contributed by atoms with Crippen LogP contribution in [0.5, 0.6) is 11.5 Å². The van der Waals surface area contributed by atoms with Gasteiger partial charge in [0.15, 0.2) is 11.5 Å². The van der Waals surface area contributed by atoms with Gasteiger partial charge in [-0.05, 0) is 42.8 Å². The van der Waals surface area contributed by atoms with Crippen molar-refractivity contribution >= 4 is 29.1 Å². The van der Waals surface area contributed by atoms with Crippen molar-refractivity contribution in [1.29, 1.82) is 0 Å². The summed E-state index contributed by atoms with van der Waals surface area (Å²) in [7, 11) is 1.56. The van der Waals surface area contributed by atoms with E-state index in [4.69, 9.17) is 21.1 Å². The van der Waals surface area contributed by atoms with Gasteiger partial charge in [-0.15, -0.1) is 0 Å². The van der Waals surface area contributed by atoms with Crippen molar-refractivity contribution in [1.82, 2.24) is 5.32 Å². The number of amides is 2. The maximum atomic E-state index is 13.4. The van der Waals surface area contributed by atoms with Gasteiger partial charge < -0.3 is 19.7 Å². The molecule has 0 unspecified atom stereocenters. The highest BCUT2D eigenvalue weighted by atomic mass is 35.5. The average Bonchev–Trinajstić information content (AvgIpc) is 3.11. The van der Waals surface area contributed by atoms with Crippen LogP contribution in [0, 0.1) is 11.7 Å². The van der Waals surface area contributed by atoms with Crippen molar-refractivity contribution in [2.45, 2.75) is 19.9 Å². The zero-order valence-corrected chi connectivity index (χ0v) is 17.0. The van der Waals surface area contributed by atoms with Gasteiger partial charge in [-0.25, -0.2) is 4.39 Å². The molecule has 1 N–H and O–H groups in total. The smallest absolute Gasteiger partial charge is 0.227 e. The van der Waals surface area contributed by atoms with Gasteiger partial charge in [0, 0.05) is 25.2 Å². The van der Waals surface area contributed by atoms with Crippen LogP contribution in [0.25, 0.3) is 0 Å². The summed E-state index contributed by atoms with van der Waals surface area (Å²) in [5.74, 6) is -0.232. The summed E-state index contributed by atoms with van der Waals surface area (Å²) in [5, 5.41) is 2.79. The second-order valence-corrected chi connectivity index (χ2v) is 7.05. The highest BCUT2D eigenvalue weighted by molar-refractivity contribution is 6.31. The summed E-state index contributed by atoms with van der Waals surface area (Å²) >= 11 is 5.80. The lowest BCUT2D eigenvalue weighted by Crippen LogP contribution is -2.32. The van der Waals surface area contributed by atoms with Crippen LogP contribution in [0.1, 0.15) is 18.9 Å². The van der Waals surface area contributed by atoms with Crippen molar-refractivity contribution in [3.05, 3.63) is 52.8 Å². The standard InChI is InChI=1S/C21H22ClFN2O4/c1-3-29-18-7-4-13(8-19(18)28-2)11-24-21(27)14-9-20(26)25(12-14)15-5-6-17(23)16(22)10-15/h4-8,10,14H,3,9,11-12H2,1-2H3,(H,24,27)/t14-/m1/s1. The highest BCUT2D eigenvalue weighted by Gasteiger charge is 2.35. The van der Waals surface area contributed by atoms with Crippen molar-refractivity contribution in [2.75, 3.05) is 25.2 Å². The SMILES string of the molecule is CCOc1ccc(CNC(=O)[C@@H]2CC(=O)N(c3ccc(F)c(Cl)c3)C2)cc1OC. The second-order valence-electron chi connectivity index (χ2n) is 6.64. The Morgan fingerprint density at radius 1 is 1.28 bits per heavy atom. The Balaban J connectivity index is 1.61. The lowest BCUT2D eigenvalue weighted by molar-refractivity contribution is -0.126. The molecule has 2 aromatic carbocycles. The third-order valence-electron chi connectivity index (χ3n) is 4.71. The molecule has 0 bridgehead atoms. The third-order valence-corrected chi connectivity index (χ3v) is 4.99. The molecule has 0 spiro atoms. The molecule has 1 fully saturated rings. The number of benzene rings is 2. The number of rotatable bonds is 7. The number of carbonyl (C=O) groups is 2. The largest absolute Gasteiger partial charge is 0.493 e. The van der Waals surface area contributed by atoms with Crippen LogP contribution < -0.4 is 19.7 Å². The normalized spacial score (nSPS) is 16.1. The van der Waals surface area contributed by atoms with Crippen molar-refractivity contribution in [3.63, 3.8) is 0 Å². The van der Waals surface area contributed by atoms with E-state index in [1.54, 1.807) is 19.2 Å².